The maximum absolute atomic E-state index is 12.9. The molecule has 0 aliphatic heterocycles. The summed E-state index contributed by atoms with van der Waals surface area (Å²) in [5, 5.41) is 2.28. The molecular weight excluding hydrogens is 344 g/mol. The van der Waals surface area contributed by atoms with Crippen LogP contribution in [0.2, 0.25) is 0 Å². The highest BCUT2D eigenvalue weighted by Crippen LogP contribution is 2.30. The first-order chi connectivity index (χ1) is 13.8. The van der Waals surface area contributed by atoms with Gasteiger partial charge in [0.25, 0.3) is 0 Å². The summed E-state index contributed by atoms with van der Waals surface area (Å²) in [7, 11) is 0. The molecule has 1 aliphatic rings. The summed E-state index contributed by atoms with van der Waals surface area (Å²) >= 11 is 0. The average molecular weight is 362 g/mol. The molecule has 0 atom stereocenters. The van der Waals surface area contributed by atoms with Crippen LogP contribution in [0.1, 0.15) is 28.0 Å². The summed E-state index contributed by atoms with van der Waals surface area (Å²) in [6, 6.07) is 24.3. The molecule has 0 amide bonds. The highest BCUT2D eigenvalue weighted by Gasteiger charge is 2.24. The Hall–Kier alpha value is -3.59. The van der Waals surface area contributed by atoms with E-state index in [4.69, 9.17) is 4.98 Å². The molecule has 0 fully saturated rings. The second-order valence-corrected chi connectivity index (χ2v) is 6.99. The Labute approximate surface area is 163 Å². The van der Waals surface area contributed by atoms with Crippen molar-refractivity contribution in [3.63, 3.8) is 0 Å². The SMILES string of the molecule is O=C1/C(=C/c2ccccc2)CCc2nc(-c3cccc4ccccc34)ncc21. The first kappa shape index (κ1) is 16.6. The fourth-order valence-corrected chi connectivity index (χ4v) is 3.78. The Balaban J connectivity index is 1.54. The van der Waals surface area contributed by atoms with Gasteiger partial charge < -0.3 is 0 Å². The number of fused-ring (bicyclic) bond motifs is 2. The molecule has 3 aromatic carbocycles. The number of carbonyl (C=O) groups excluding carboxylic acids is 1. The van der Waals surface area contributed by atoms with Crippen LogP contribution in [0.5, 0.6) is 0 Å². The van der Waals surface area contributed by atoms with Crippen LogP contribution < -0.4 is 0 Å². The number of allylic oxidation sites excluding steroid dienone is 1. The number of nitrogens with zero attached hydrogens (tertiary/aromatic N) is 2. The molecule has 5 rings (SSSR count). The molecule has 0 bridgehead atoms. The van der Waals surface area contributed by atoms with Crippen molar-refractivity contribution in [3.8, 4) is 11.4 Å². The van der Waals surface area contributed by atoms with Gasteiger partial charge in [-0.25, -0.2) is 9.97 Å². The number of hydrogen-bond donors (Lipinski definition) is 0. The van der Waals surface area contributed by atoms with Gasteiger partial charge in [0.1, 0.15) is 0 Å². The van der Waals surface area contributed by atoms with Crippen molar-refractivity contribution in [3.05, 3.63) is 101 Å². The van der Waals surface area contributed by atoms with E-state index < -0.39 is 0 Å². The minimum atomic E-state index is 0.0366. The van der Waals surface area contributed by atoms with E-state index in [-0.39, 0.29) is 5.78 Å². The van der Waals surface area contributed by atoms with Crippen LogP contribution in [0.15, 0.2) is 84.6 Å². The van der Waals surface area contributed by atoms with Crippen LogP contribution in [0, 0.1) is 0 Å². The number of hydrogen-bond acceptors (Lipinski definition) is 3. The molecule has 0 spiro atoms. The molecule has 0 unspecified atom stereocenters. The number of benzene rings is 3. The predicted molar refractivity (Wildman–Crippen MR) is 112 cm³/mol. The van der Waals surface area contributed by atoms with Crippen LogP contribution in [0.4, 0.5) is 0 Å². The fraction of sp³-hybridized carbons (Fsp3) is 0.0800. The smallest absolute Gasteiger partial charge is 0.192 e. The first-order valence-electron chi connectivity index (χ1n) is 9.44. The summed E-state index contributed by atoms with van der Waals surface area (Å²) in [5.41, 5.74) is 4.33. The molecule has 3 heteroatoms. The van der Waals surface area contributed by atoms with E-state index in [1.54, 1.807) is 6.20 Å². The predicted octanol–water partition coefficient (Wildman–Crippen LogP) is 5.51. The third-order valence-electron chi connectivity index (χ3n) is 5.21. The van der Waals surface area contributed by atoms with Gasteiger partial charge in [0.05, 0.1) is 11.3 Å². The minimum Gasteiger partial charge on any atom is -0.289 e. The molecule has 3 nitrogen and oxygen atoms in total. The zero-order chi connectivity index (χ0) is 18.9. The Morgan fingerprint density at radius 1 is 0.786 bits per heavy atom. The Morgan fingerprint density at radius 2 is 1.57 bits per heavy atom. The Bertz CT molecular complexity index is 1220. The summed E-state index contributed by atoms with van der Waals surface area (Å²) in [6.07, 6.45) is 5.12. The zero-order valence-electron chi connectivity index (χ0n) is 15.3. The highest BCUT2D eigenvalue weighted by atomic mass is 16.1. The van der Waals surface area contributed by atoms with Gasteiger partial charge >= 0.3 is 0 Å². The molecule has 28 heavy (non-hydrogen) atoms. The van der Waals surface area contributed by atoms with Gasteiger partial charge in [-0.1, -0.05) is 72.8 Å². The number of rotatable bonds is 2. The number of Topliss-reactive ketones (excluding diaryl/α,β-unsaturated/α-hetero) is 1. The molecule has 134 valence electrons. The number of aryl methyl sites for hydroxylation is 1. The maximum atomic E-state index is 12.9. The van der Waals surface area contributed by atoms with E-state index in [0.29, 0.717) is 17.8 Å². The van der Waals surface area contributed by atoms with E-state index in [0.717, 1.165) is 39.6 Å². The van der Waals surface area contributed by atoms with Crippen molar-refractivity contribution < 1.29 is 4.79 Å². The Kier molecular flexibility index (Phi) is 4.06. The number of aromatic nitrogens is 2. The van der Waals surface area contributed by atoms with Crippen molar-refractivity contribution in [2.75, 3.05) is 0 Å². The van der Waals surface area contributed by atoms with E-state index in [1.807, 2.05) is 60.7 Å². The summed E-state index contributed by atoms with van der Waals surface area (Å²) in [6.45, 7) is 0. The standard InChI is InChI=1S/C25H18N2O/c28-24-19(15-17-7-2-1-3-8-17)13-14-23-22(24)16-26-25(27-23)21-12-6-10-18-9-4-5-11-20(18)21/h1-12,15-16H,13-14H2/b19-15+. The normalized spacial score (nSPS) is 15.0. The van der Waals surface area contributed by atoms with E-state index in [2.05, 4.69) is 23.2 Å². The number of ketones is 1. The topological polar surface area (TPSA) is 42.9 Å². The van der Waals surface area contributed by atoms with E-state index in [9.17, 15) is 4.79 Å². The summed E-state index contributed by atoms with van der Waals surface area (Å²) in [5.74, 6) is 0.716. The largest absolute Gasteiger partial charge is 0.289 e. The maximum Gasteiger partial charge on any atom is 0.192 e. The van der Waals surface area contributed by atoms with Gasteiger partial charge in [0.15, 0.2) is 11.6 Å². The van der Waals surface area contributed by atoms with Crippen molar-refractivity contribution in [1.29, 1.82) is 0 Å². The van der Waals surface area contributed by atoms with Crippen LogP contribution in [-0.4, -0.2) is 15.8 Å². The van der Waals surface area contributed by atoms with Crippen molar-refractivity contribution in [1.82, 2.24) is 9.97 Å². The molecule has 1 aromatic heterocycles. The monoisotopic (exact) mass is 362 g/mol. The molecular formula is C25H18N2O. The van der Waals surface area contributed by atoms with Crippen molar-refractivity contribution in [2.45, 2.75) is 12.8 Å². The molecule has 4 aromatic rings. The quantitative estimate of drug-likeness (QED) is 0.442. The fourth-order valence-electron chi connectivity index (χ4n) is 3.78. The van der Waals surface area contributed by atoms with Gasteiger partial charge in [0.2, 0.25) is 0 Å². The second-order valence-electron chi connectivity index (χ2n) is 6.99. The summed E-state index contributed by atoms with van der Waals surface area (Å²) < 4.78 is 0. The third kappa shape index (κ3) is 2.91. The van der Waals surface area contributed by atoms with Gasteiger partial charge in [-0.2, -0.15) is 0 Å². The van der Waals surface area contributed by atoms with Gasteiger partial charge in [-0.15, -0.1) is 0 Å². The lowest BCUT2D eigenvalue weighted by Crippen LogP contribution is -2.16. The van der Waals surface area contributed by atoms with Crippen LogP contribution in [0.25, 0.3) is 28.2 Å². The van der Waals surface area contributed by atoms with Crippen LogP contribution in [-0.2, 0) is 6.42 Å². The second kappa shape index (κ2) is 6.86. The summed E-state index contributed by atoms with van der Waals surface area (Å²) in [4.78, 5) is 22.2. The molecule has 1 aliphatic carbocycles. The molecule has 0 N–H and O–H groups in total. The number of carbonyl (C=O) groups is 1. The zero-order valence-corrected chi connectivity index (χ0v) is 15.3. The Morgan fingerprint density at radius 3 is 2.46 bits per heavy atom. The third-order valence-corrected chi connectivity index (χ3v) is 5.21. The average Bonchev–Trinajstić information content (AvgIpc) is 2.76. The first-order valence-corrected chi connectivity index (χ1v) is 9.44. The van der Waals surface area contributed by atoms with Crippen molar-refractivity contribution >= 4 is 22.6 Å². The lowest BCUT2D eigenvalue weighted by Gasteiger charge is -2.17. The molecule has 0 saturated heterocycles. The highest BCUT2D eigenvalue weighted by molar-refractivity contribution is 6.12. The van der Waals surface area contributed by atoms with E-state index >= 15 is 0 Å². The molecule has 1 heterocycles. The lowest BCUT2D eigenvalue weighted by atomic mass is 9.89. The van der Waals surface area contributed by atoms with Crippen LogP contribution >= 0.6 is 0 Å². The van der Waals surface area contributed by atoms with Crippen LogP contribution in [0.3, 0.4) is 0 Å². The van der Waals surface area contributed by atoms with Gasteiger partial charge in [0, 0.05) is 17.3 Å². The molecule has 0 saturated carbocycles. The molecule has 0 radical (unpaired) electrons. The van der Waals surface area contributed by atoms with Crippen molar-refractivity contribution in [2.24, 2.45) is 0 Å². The van der Waals surface area contributed by atoms with Gasteiger partial charge in [-0.3, -0.25) is 4.79 Å². The van der Waals surface area contributed by atoms with E-state index in [1.165, 1.54) is 0 Å². The van der Waals surface area contributed by atoms with Gasteiger partial charge in [-0.05, 0) is 35.3 Å². The minimum absolute atomic E-state index is 0.0366. The lowest BCUT2D eigenvalue weighted by molar-refractivity contribution is 0.102.